The fourth-order valence-corrected chi connectivity index (χ4v) is 3.27. The van der Waals surface area contributed by atoms with E-state index in [-0.39, 0.29) is 0 Å². The van der Waals surface area contributed by atoms with Crippen molar-refractivity contribution in [1.29, 1.82) is 0 Å². The first-order valence-corrected chi connectivity index (χ1v) is 9.25. The molecule has 4 rings (SSSR count). The maximum Gasteiger partial charge on any atom is 0.241 e. The topological polar surface area (TPSA) is 67.5 Å². The molecule has 1 fully saturated rings. The minimum Gasteiger partial charge on any atom is -0.492 e. The molecule has 1 aliphatic rings. The Morgan fingerprint density at radius 3 is 2.70 bits per heavy atom. The van der Waals surface area contributed by atoms with Crippen LogP contribution < -0.4 is 9.64 Å². The molecule has 0 aliphatic carbocycles. The number of hydrogen-bond donors (Lipinski definition) is 0. The Bertz CT molecular complexity index is 860. The van der Waals surface area contributed by atoms with Crippen LogP contribution in [0.1, 0.15) is 12.8 Å². The van der Waals surface area contributed by atoms with E-state index in [2.05, 4.69) is 37.1 Å². The van der Waals surface area contributed by atoms with Gasteiger partial charge in [-0.2, -0.15) is 4.98 Å². The van der Waals surface area contributed by atoms with Crippen molar-refractivity contribution in [2.75, 3.05) is 37.7 Å². The molecule has 7 heteroatoms. The highest BCUT2D eigenvalue weighted by molar-refractivity contribution is 5.58. The highest BCUT2D eigenvalue weighted by atomic mass is 16.5. The summed E-state index contributed by atoms with van der Waals surface area (Å²) in [7, 11) is 0. The molecule has 0 amide bonds. The lowest BCUT2D eigenvalue weighted by Gasteiger charge is -2.36. The van der Waals surface area contributed by atoms with E-state index in [4.69, 9.17) is 9.26 Å². The van der Waals surface area contributed by atoms with Crippen LogP contribution >= 0.6 is 0 Å². The van der Waals surface area contributed by atoms with Crippen molar-refractivity contribution in [3.63, 3.8) is 0 Å². The van der Waals surface area contributed by atoms with Crippen molar-refractivity contribution in [2.24, 2.45) is 0 Å². The summed E-state index contributed by atoms with van der Waals surface area (Å²) in [5.41, 5.74) is 2.03. The van der Waals surface area contributed by atoms with E-state index in [1.165, 1.54) is 0 Å². The maximum atomic E-state index is 5.76. The number of anilines is 1. The first kappa shape index (κ1) is 17.5. The second-order valence-corrected chi connectivity index (χ2v) is 6.42. The van der Waals surface area contributed by atoms with Crippen molar-refractivity contribution < 1.29 is 9.26 Å². The zero-order valence-corrected chi connectivity index (χ0v) is 15.4. The van der Waals surface area contributed by atoms with E-state index in [1.54, 1.807) is 12.4 Å². The molecule has 7 nitrogen and oxygen atoms in total. The first-order valence-electron chi connectivity index (χ1n) is 9.25. The number of aromatic nitrogens is 3. The smallest absolute Gasteiger partial charge is 0.241 e. The van der Waals surface area contributed by atoms with Gasteiger partial charge >= 0.3 is 0 Å². The lowest BCUT2D eigenvalue weighted by Crippen LogP contribution is -2.46. The lowest BCUT2D eigenvalue weighted by atomic mass is 10.2. The minimum absolute atomic E-state index is 0.586. The summed E-state index contributed by atoms with van der Waals surface area (Å²) in [5, 5.41) is 4.07. The minimum atomic E-state index is 0.586. The van der Waals surface area contributed by atoms with Gasteiger partial charge in [0.05, 0.1) is 18.8 Å². The molecule has 1 aliphatic heterocycles. The Hall–Kier alpha value is -2.93. The highest BCUT2D eigenvalue weighted by Gasteiger charge is 2.21. The molecule has 0 bridgehead atoms. The first-order chi connectivity index (χ1) is 13.3. The van der Waals surface area contributed by atoms with Crippen LogP contribution in [0.4, 0.5) is 5.69 Å². The molecule has 1 saturated heterocycles. The molecule has 3 aromatic rings. The normalized spacial score (nSPS) is 15.1. The van der Waals surface area contributed by atoms with Crippen molar-refractivity contribution in [1.82, 2.24) is 20.0 Å². The average Bonchev–Trinajstić information content (AvgIpc) is 3.19. The third kappa shape index (κ3) is 4.09. The number of pyridine rings is 1. The molecule has 3 heterocycles. The lowest BCUT2D eigenvalue weighted by molar-refractivity contribution is 0.215. The Balaban J connectivity index is 1.36. The average molecular weight is 365 g/mol. The highest BCUT2D eigenvalue weighted by Crippen LogP contribution is 2.29. The van der Waals surface area contributed by atoms with Gasteiger partial charge in [0.1, 0.15) is 5.75 Å². The number of piperazine rings is 1. The van der Waals surface area contributed by atoms with Crippen molar-refractivity contribution in [3.8, 4) is 17.1 Å². The molecule has 27 heavy (non-hydrogen) atoms. The Morgan fingerprint density at radius 2 is 1.93 bits per heavy atom. The molecule has 140 valence electrons. The van der Waals surface area contributed by atoms with Gasteiger partial charge in [0.25, 0.3) is 0 Å². The van der Waals surface area contributed by atoms with E-state index in [1.807, 2.05) is 31.2 Å². The van der Waals surface area contributed by atoms with Crippen LogP contribution in [0.2, 0.25) is 0 Å². The molecule has 2 aromatic heterocycles. The van der Waals surface area contributed by atoms with Crippen molar-refractivity contribution >= 4 is 5.69 Å². The van der Waals surface area contributed by atoms with Gasteiger partial charge in [0.15, 0.2) is 0 Å². The predicted molar refractivity (Wildman–Crippen MR) is 103 cm³/mol. The van der Waals surface area contributed by atoms with Crippen LogP contribution in [0.25, 0.3) is 11.4 Å². The van der Waals surface area contributed by atoms with Gasteiger partial charge in [-0.1, -0.05) is 17.3 Å². The van der Waals surface area contributed by atoms with Crippen LogP contribution in [0.5, 0.6) is 5.75 Å². The Kier molecular flexibility index (Phi) is 5.29. The summed E-state index contributed by atoms with van der Waals surface area (Å²) in [4.78, 5) is 13.3. The molecular weight excluding hydrogens is 342 g/mol. The van der Waals surface area contributed by atoms with Crippen LogP contribution in [0.3, 0.4) is 0 Å². The number of hydrogen-bond acceptors (Lipinski definition) is 7. The van der Waals surface area contributed by atoms with E-state index in [0.29, 0.717) is 24.9 Å². The summed E-state index contributed by atoms with van der Waals surface area (Å²) < 4.78 is 11.2. The van der Waals surface area contributed by atoms with E-state index in [9.17, 15) is 0 Å². The third-order valence-electron chi connectivity index (χ3n) is 4.62. The van der Waals surface area contributed by atoms with E-state index in [0.717, 1.165) is 43.2 Å². The van der Waals surface area contributed by atoms with Crippen LogP contribution in [0, 0.1) is 0 Å². The molecular formula is C20H23N5O2. The maximum absolute atomic E-state index is 5.76. The van der Waals surface area contributed by atoms with E-state index >= 15 is 0 Å². The quantitative estimate of drug-likeness (QED) is 0.665. The number of ether oxygens (including phenoxy) is 1. The number of rotatable bonds is 6. The summed E-state index contributed by atoms with van der Waals surface area (Å²) in [6, 6.07) is 12.0. The Labute approximate surface area is 158 Å². The standard InChI is InChI=1S/C20H23N5O2/c1-2-26-18-8-4-3-7-17(18)25-12-10-24(11-13-25)15-19-22-20(23-27-19)16-6-5-9-21-14-16/h3-9,14H,2,10-13,15H2,1H3. The second-order valence-electron chi connectivity index (χ2n) is 6.42. The molecule has 0 unspecified atom stereocenters. The van der Waals surface area contributed by atoms with Gasteiger partial charge in [-0.05, 0) is 31.2 Å². The van der Waals surface area contributed by atoms with E-state index < -0.39 is 0 Å². The predicted octanol–water partition coefficient (Wildman–Crippen LogP) is 2.85. The zero-order chi connectivity index (χ0) is 18.5. The molecule has 0 saturated carbocycles. The fourth-order valence-electron chi connectivity index (χ4n) is 3.27. The SMILES string of the molecule is CCOc1ccccc1N1CCN(Cc2nc(-c3cccnc3)no2)CC1. The van der Waals surface area contributed by atoms with Gasteiger partial charge in [-0.15, -0.1) is 0 Å². The number of nitrogens with zero attached hydrogens (tertiary/aromatic N) is 5. The van der Waals surface area contributed by atoms with Crippen LogP contribution in [-0.2, 0) is 6.54 Å². The fraction of sp³-hybridized carbons (Fsp3) is 0.350. The monoisotopic (exact) mass is 365 g/mol. The van der Waals surface area contributed by atoms with Crippen molar-refractivity contribution in [2.45, 2.75) is 13.5 Å². The summed E-state index contributed by atoms with van der Waals surface area (Å²) in [6.07, 6.45) is 3.47. The summed E-state index contributed by atoms with van der Waals surface area (Å²) in [6.45, 7) is 7.10. The molecule has 1 aromatic carbocycles. The molecule has 0 atom stereocenters. The third-order valence-corrected chi connectivity index (χ3v) is 4.62. The van der Waals surface area contributed by atoms with Gasteiger partial charge < -0.3 is 14.2 Å². The van der Waals surface area contributed by atoms with Crippen LogP contribution in [0.15, 0.2) is 53.3 Å². The van der Waals surface area contributed by atoms with Gasteiger partial charge in [-0.25, -0.2) is 0 Å². The molecule has 0 spiro atoms. The second kappa shape index (κ2) is 8.18. The van der Waals surface area contributed by atoms with Crippen LogP contribution in [-0.4, -0.2) is 52.8 Å². The Morgan fingerprint density at radius 1 is 1.07 bits per heavy atom. The zero-order valence-electron chi connectivity index (χ0n) is 15.4. The largest absolute Gasteiger partial charge is 0.492 e. The molecule has 0 N–H and O–H groups in total. The summed E-state index contributed by atoms with van der Waals surface area (Å²) >= 11 is 0. The van der Waals surface area contributed by atoms with Gasteiger partial charge in [-0.3, -0.25) is 9.88 Å². The number of benzene rings is 1. The number of para-hydroxylation sites is 2. The van der Waals surface area contributed by atoms with Gasteiger partial charge in [0, 0.05) is 44.1 Å². The van der Waals surface area contributed by atoms with Crippen molar-refractivity contribution in [3.05, 3.63) is 54.7 Å². The van der Waals surface area contributed by atoms with Gasteiger partial charge in [0.2, 0.25) is 11.7 Å². The molecule has 0 radical (unpaired) electrons. The summed E-state index contributed by atoms with van der Waals surface area (Å²) in [5.74, 6) is 2.17.